The Balaban J connectivity index is 0.888. The van der Waals surface area contributed by atoms with Gasteiger partial charge in [-0.3, -0.25) is 0 Å². The Bertz CT molecular complexity index is 2910. The molecule has 0 nitrogen and oxygen atoms in total. The lowest BCUT2D eigenvalue weighted by molar-refractivity contribution is 1.64. The van der Waals surface area contributed by atoms with Crippen LogP contribution in [0, 0.1) is 0 Å². The SMILES string of the molecule is c1ccc2c(c1)c1ccccc1c1cc(-c3ccc(-c4ccc(-c5ccc(-c6ccc7c8ccccc8c8ccccc8c7c6)cc5)s4)cc3)ccc21. The molecule has 0 radical (unpaired) electrons. The number of thiophene rings is 1. The van der Waals surface area contributed by atoms with Crippen molar-refractivity contribution in [1.29, 1.82) is 0 Å². The van der Waals surface area contributed by atoms with Crippen molar-refractivity contribution in [3.05, 3.63) is 194 Å². The van der Waals surface area contributed by atoms with E-state index in [0.29, 0.717) is 0 Å². The molecule has 1 heterocycles. The van der Waals surface area contributed by atoms with Gasteiger partial charge in [-0.05, 0) is 122 Å². The molecule has 11 aromatic rings. The Morgan fingerprint density at radius 1 is 0.189 bits per heavy atom. The van der Waals surface area contributed by atoms with E-state index >= 15 is 0 Å². The van der Waals surface area contributed by atoms with Gasteiger partial charge in [0.1, 0.15) is 0 Å². The van der Waals surface area contributed by atoms with Crippen molar-refractivity contribution in [2.45, 2.75) is 0 Å². The summed E-state index contributed by atoms with van der Waals surface area (Å²) in [6.45, 7) is 0. The average molecular weight is 689 g/mol. The maximum absolute atomic E-state index is 2.37. The summed E-state index contributed by atoms with van der Waals surface area (Å²) in [5.74, 6) is 0. The van der Waals surface area contributed by atoms with Crippen LogP contribution in [-0.2, 0) is 0 Å². The second-order valence-corrected chi connectivity index (χ2v) is 15.1. The quantitative estimate of drug-likeness (QED) is 0.162. The number of benzene rings is 10. The summed E-state index contributed by atoms with van der Waals surface area (Å²) in [6, 6.07) is 71.6. The zero-order valence-electron chi connectivity index (χ0n) is 28.9. The Morgan fingerprint density at radius 3 is 0.755 bits per heavy atom. The van der Waals surface area contributed by atoms with Gasteiger partial charge in [-0.15, -0.1) is 11.3 Å². The summed E-state index contributed by atoms with van der Waals surface area (Å²) >= 11 is 1.85. The summed E-state index contributed by atoms with van der Waals surface area (Å²) in [5.41, 5.74) is 7.43. The first-order chi connectivity index (χ1) is 26.3. The third kappa shape index (κ3) is 4.89. The first kappa shape index (κ1) is 30.1. The molecular formula is C52H32S. The van der Waals surface area contributed by atoms with Crippen molar-refractivity contribution in [3.8, 4) is 43.1 Å². The molecule has 0 spiro atoms. The molecule has 0 N–H and O–H groups in total. The van der Waals surface area contributed by atoms with Crippen LogP contribution in [0.1, 0.15) is 0 Å². The minimum absolute atomic E-state index is 1.23. The number of fused-ring (bicyclic) bond motifs is 12. The lowest BCUT2D eigenvalue weighted by Gasteiger charge is -2.12. The van der Waals surface area contributed by atoms with Gasteiger partial charge in [-0.2, -0.15) is 0 Å². The molecule has 0 bridgehead atoms. The molecule has 0 saturated heterocycles. The van der Waals surface area contributed by atoms with Crippen LogP contribution in [0.3, 0.4) is 0 Å². The first-order valence-corrected chi connectivity index (χ1v) is 19.1. The average Bonchev–Trinajstić information content (AvgIpc) is 3.74. The van der Waals surface area contributed by atoms with E-state index < -0.39 is 0 Å². The molecule has 0 aliphatic heterocycles. The highest BCUT2D eigenvalue weighted by Crippen LogP contribution is 2.40. The molecule has 0 atom stereocenters. The normalized spacial score (nSPS) is 11.8. The largest absolute Gasteiger partial charge is 0.135 e. The van der Waals surface area contributed by atoms with E-state index in [2.05, 4.69) is 194 Å². The van der Waals surface area contributed by atoms with Crippen molar-refractivity contribution in [2.75, 3.05) is 0 Å². The Kier molecular flexibility index (Phi) is 6.83. The minimum Gasteiger partial charge on any atom is -0.135 e. The third-order valence-electron chi connectivity index (χ3n) is 11.1. The molecule has 0 amide bonds. The summed E-state index contributed by atoms with van der Waals surface area (Å²) in [4.78, 5) is 2.56. The van der Waals surface area contributed by atoms with Gasteiger partial charge in [0.05, 0.1) is 0 Å². The van der Waals surface area contributed by atoms with Gasteiger partial charge >= 0.3 is 0 Å². The highest BCUT2D eigenvalue weighted by molar-refractivity contribution is 7.18. The van der Waals surface area contributed by atoms with E-state index in [-0.39, 0.29) is 0 Å². The lowest BCUT2D eigenvalue weighted by Crippen LogP contribution is -1.85. The van der Waals surface area contributed by atoms with Gasteiger partial charge < -0.3 is 0 Å². The molecular weight excluding hydrogens is 657 g/mol. The highest BCUT2D eigenvalue weighted by atomic mass is 32.1. The van der Waals surface area contributed by atoms with Crippen molar-refractivity contribution in [2.24, 2.45) is 0 Å². The van der Waals surface area contributed by atoms with Gasteiger partial charge in [0.15, 0.2) is 0 Å². The zero-order chi connectivity index (χ0) is 34.9. The maximum Gasteiger partial charge on any atom is 0.0349 e. The van der Waals surface area contributed by atoms with Gasteiger partial charge in [-0.1, -0.05) is 170 Å². The second kappa shape index (κ2) is 12.0. The number of hydrogen-bond donors (Lipinski definition) is 0. The van der Waals surface area contributed by atoms with E-state index in [1.54, 1.807) is 0 Å². The summed E-state index contributed by atoms with van der Waals surface area (Å²) in [5, 5.41) is 15.7. The van der Waals surface area contributed by atoms with Crippen LogP contribution < -0.4 is 0 Å². The van der Waals surface area contributed by atoms with E-state index in [1.165, 1.54) is 108 Å². The molecule has 0 unspecified atom stereocenters. The molecule has 0 fully saturated rings. The van der Waals surface area contributed by atoms with Gasteiger partial charge in [-0.25, -0.2) is 0 Å². The fourth-order valence-corrected chi connectivity index (χ4v) is 9.49. The monoisotopic (exact) mass is 688 g/mol. The molecule has 0 aliphatic carbocycles. The summed E-state index contributed by atoms with van der Waals surface area (Å²) in [6.07, 6.45) is 0. The van der Waals surface area contributed by atoms with Gasteiger partial charge in [0.25, 0.3) is 0 Å². The second-order valence-electron chi connectivity index (χ2n) is 14.0. The predicted molar refractivity (Wildman–Crippen MR) is 231 cm³/mol. The fourth-order valence-electron chi connectivity index (χ4n) is 8.48. The topological polar surface area (TPSA) is 0 Å². The Morgan fingerprint density at radius 2 is 0.434 bits per heavy atom. The molecule has 53 heavy (non-hydrogen) atoms. The fraction of sp³-hybridized carbons (Fsp3) is 0. The molecule has 10 aromatic carbocycles. The van der Waals surface area contributed by atoms with E-state index in [1.807, 2.05) is 11.3 Å². The van der Waals surface area contributed by atoms with Crippen LogP contribution in [0.25, 0.3) is 108 Å². The minimum atomic E-state index is 1.23. The summed E-state index contributed by atoms with van der Waals surface area (Å²) in [7, 11) is 0. The van der Waals surface area contributed by atoms with E-state index in [9.17, 15) is 0 Å². The molecule has 1 heteroatoms. The lowest BCUT2D eigenvalue weighted by atomic mass is 9.92. The molecule has 0 saturated carbocycles. The van der Waals surface area contributed by atoms with Crippen molar-refractivity contribution in [3.63, 3.8) is 0 Å². The molecule has 1 aromatic heterocycles. The third-order valence-corrected chi connectivity index (χ3v) is 12.3. The Hall–Kier alpha value is -6.54. The van der Waals surface area contributed by atoms with Crippen molar-refractivity contribution < 1.29 is 0 Å². The van der Waals surface area contributed by atoms with Gasteiger partial charge in [0.2, 0.25) is 0 Å². The zero-order valence-corrected chi connectivity index (χ0v) is 29.7. The van der Waals surface area contributed by atoms with Gasteiger partial charge in [0, 0.05) is 9.75 Å². The Labute approximate surface area is 311 Å². The van der Waals surface area contributed by atoms with Crippen LogP contribution in [0.4, 0.5) is 0 Å². The smallest absolute Gasteiger partial charge is 0.0349 e. The van der Waals surface area contributed by atoms with Crippen molar-refractivity contribution >= 4 is 76.0 Å². The van der Waals surface area contributed by atoms with Crippen LogP contribution in [0.2, 0.25) is 0 Å². The number of rotatable bonds is 4. The molecule has 11 rings (SSSR count). The van der Waals surface area contributed by atoms with Crippen molar-refractivity contribution in [1.82, 2.24) is 0 Å². The summed E-state index contributed by atoms with van der Waals surface area (Å²) < 4.78 is 0. The van der Waals surface area contributed by atoms with Crippen LogP contribution in [0.15, 0.2) is 194 Å². The van der Waals surface area contributed by atoms with E-state index in [4.69, 9.17) is 0 Å². The molecule has 0 aliphatic rings. The van der Waals surface area contributed by atoms with E-state index in [0.717, 1.165) is 0 Å². The number of hydrogen-bond acceptors (Lipinski definition) is 1. The molecule has 246 valence electrons. The predicted octanol–water partition coefficient (Wildman–Crippen LogP) is 15.3. The highest BCUT2D eigenvalue weighted by Gasteiger charge is 2.12. The standard InChI is InChI=1S/C52H32S/c1-3-13-43-39(9-1)41-11-5-7-15-45(41)49-31-37(25-27-47(43)49)33-17-21-35(22-18-33)51-29-30-52(53-51)36-23-19-34(20-24-36)38-26-28-48-44-14-4-2-10-40(44)42-12-6-8-16-46(42)50(48)32-38/h1-32H. The van der Waals surface area contributed by atoms with Crippen LogP contribution >= 0.6 is 11.3 Å². The van der Waals surface area contributed by atoms with Crippen LogP contribution in [-0.4, -0.2) is 0 Å². The first-order valence-electron chi connectivity index (χ1n) is 18.2. The van der Waals surface area contributed by atoms with Crippen LogP contribution in [0.5, 0.6) is 0 Å². The maximum atomic E-state index is 2.37.